The van der Waals surface area contributed by atoms with Crippen LogP contribution in [0.1, 0.15) is 35.3 Å². The maximum absolute atomic E-state index is 14.5. The second-order valence-electron chi connectivity index (χ2n) is 10.6. The van der Waals surface area contributed by atoms with E-state index in [2.05, 4.69) is 32.2 Å². The van der Waals surface area contributed by atoms with E-state index in [0.29, 0.717) is 31.6 Å². The molecule has 2 aliphatic rings. The van der Waals surface area contributed by atoms with Gasteiger partial charge in [-0.25, -0.2) is 18.9 Å². The van der Waals surface area contributed by atoms with Gasteiger partial charge in [-0.2, -0.15) is 28.8 Å². The number of hydrogen-bond acceptors (Lipinski definition) is 7. The zero-order chi connectivity index (χ0) is 29.6. The molecule has 42 heavy (non-hydrogen) atoms. The third-order valence-corrected chi connectivity index (χ3v) is 8.13. The number of rotatable bonds is 5. The van der Waals surface area contributed by atoms with Crippen LogP contribution in [0.25, 0.3) is 22.2 Å². The molecule has 0 N–H and O–H groups in total. The highest BCUT2D eigenvalue weighted by Crippen LogP contribution is 2.38. The fourth-order valence-corrected chi connectivity index (χ4v) is 5.96. The Hall–Kier alpha value is -4.82. The van der Waals surface area contributed by atoms with Gasteiger partial charge in [-0.05, 0) is 36.6 Å². The van der Waals surface area contributed by atoms with Crippen molar-refractivity contribution in [2.45, 2.75) is 37.0 Å². The highest BCUT2D eigenvalue weighted by Gasteiger charge is 2.48. The second-order valence-corrected chi connectivity index (χ2v) is 10.6. The summed E-state index contributed by atoms with van der Waals surface area (Å²) in [4.78, 5) is 23.8. The molecule has 2 saturated heterocycles. The monoisotopic (exact) mass is 577 g/mol. The summed E-state index contributed by atoms with van der Waals surface area (Å²) in [6.07, 6.45) is 6.13. The van der Waals surface area contributed by atoms with Gasteiger partial charge in [0.05, 0.1) is 24.3 Å². The minimum absolute atomic E-state index is 0.0921. The largest absolute Gasteiger partial charge is 0.436 e. The number of carbonyl (C=O) groups is 1. The Kier molecular flexibility index (Phi) is 6.66. The topological polar surface area (TPSA) is 120 Å². The zero-order valence-corrected chi connectivity index (χ0v) is 22.1. The molecular formula is C28H23F4N9O. The lowest BCUT2D eigenvalue weighted by Crippen LogP contribution is -2.66. The highest BCUT2D eigenvalue weighted by molar-refractivity contribution is 5.95. The fraction of sp³-hybridized carbons (Fsp3) is 0.357. The molecule has 6 rings (SSSR count). The van der Waals surface area contributed by atoms with Gasteiger partial charge < -0.3 is 4.90 Å². The van der Waals surface area contributed by atoms with Crippen molar-refractivity contribution in [2.24, 2.45) is 0 Å². The van der Waals surface area contributed by atoms with E-state index < -0.39 is 34.7 Å². The number of alkyl halides is 3. The number of amides is 1. The summed E-state index contributed by atoms with van der Waals surface area (Å²) >= 11 is 0. The van der Waals surface area contributed by atoms with Gasteiger partial charge in [-0.15, -0.1) is 0 Å². The average molecular weight is 578 g/mol. The van der Waals surface area contributed by atoms with Gasteiger partial charge in [0, 0.05) is 68.0 Å². The second kappa shape index (κ2) is 10.2. The van der Waals surface area contributed by atoms with Crippen molar-refractivity contribution in [3.8, 4) is 23.4 Å². The lowest BCUT2D eigenvalue weighted by atomic mass is 9.83. The summed E-state index contributed by atoms with van der Waals surface area (Å²) in [5, 5.41) is 24.3. The fourth-order valence-electron chi connectivity index (χ4n) is 5.96. The smallest absolute Gasteiger partial charge is 0.338 e. The molecule has 4 aromatic heterocycles. The van der Waals surface area contributed by atoms with Gasteiger partial charge >= 0.3 is 6.18 Å². The summed E-state index contributed by atoms with van der Waals surface area (Å²) in [6, 6.07) is 7.01. The number of piperidine rings is 1. The maximum atomic E-state index is 14.5. The molecule has 214 valence electrons. The molecule has 6 heterocycles. The number of hydrogen-bond donors (Lipinski definition) is 0. The van der Waals surface area contributed by atoms with Gasteiger partial charge in [0.2, 0.25) is 0 Å². The minimum Gasteiger partial charge on any atom is -0.338 e. The first kappa shape index (κ1) is 27.4. The average Bonchev–Trinajstić information content (AvgIpc) is 3.62. The molecule has 14 heteroatoms. The Morgan fingerprint density at radius 2 is 1.83 bits per heavy atom. The van der Waals surface area contributed by atoms with Crippen molar-refractivity contribution in [1.29, 1.82) is 10.5 Å². The summed E-state index contributed by atoms with van der Waals surface area (Å²) in [6.45, 7) is 1.65. The van der Waals surface area contributed by atoms with Crippen LogP contribution < -0.4 is 0 Å². The molecular weight excluding hydrogens is 554 g/mol. The molecule has 0 aliphatic carbocycles. The third kappa shape index (κ3) is 4.54. The number of aromatic nitrogens is 5. The van der Waals surface area contributed by atoms with Crippen molar-refractivity contribution >= 4 is 16.9 Å². The van der Waals surface area contributed by atoms with E-state index in [0.717, 1.165) is 28.8 Å². The number of pyridine rings is 2. The summed E-state index contributed by atoms with van der Waals surface area (Å²) < 4.78 is 56.8. The van der Waals surface area contributed by atoms with Crippen LogP contribution in [-0.2, 0) is 11.7 Å². The highest BCUT2D eigenvalue weighted by atomic mass is 19.4. The van der Waals surface area contributed by atoms with E-state index in [-0.39, 0.29) is 25.6 Å². The molecule has 0 unspecified atom stereocenters. The van der Waals surface area contributed by atoms with E-state index >= 15 is 0 Å². The number of nitrogens with zero attached hydrogens (tertiary/aromatic N) is 9. The van der Waals surface area contributed by atoms with Crippen molar-refractivity contribution < 1.29 is 22.4 Å². The summed E-state index contributed by atoms with van der Waals surface area (Å²) in [5.41, 5.74) is -0.641. The molecule has 2 aliphatic heterocycles. The van der Waals surface area contributed by atoms with Crippen LogP contribution in [0.2, 0.25) is 0 Å². The first-order chi connectivity index (χ1) is 20.1. The molecule has 10 nitrogen and oxygen atoms in total. The predicted molar refractivity (Wildman–Crippen MR) is 140 cm³/mol. The Labute approximate surface area is 237 Å². The number of likely N-dealkylation sites (tertiary alicyclic amines) is 2. The third-order valence-electron chi connectivity index (χ3n) is 8.13. The summed E-state index contributed by atoms with van der Waals surface area (Å²) in [7, 11) is 0. The quantitative estimate of drug-likeness (QED) is 0.329. The predicted octanol–water partition coefficient (Wildman–Crippen LogP) is 4.01. The van der Waals surface area contributed by atoms with Crippen molar-refractivity contribution in [1.82, 2.24) is 34.1 Å². The van der Waals surface area contributed by atoms with Crippen molar-refractivity contribution in [2.75, 3.05) is 26.2 Å². The van der Waals surface area contributed by atoms with Crippen LogP contribution >= 0.6 is 0 Å². The lowest BCUT2D eigenvalue weighted by molar-refractivity contribution is -0.143. The van der Waals surface area contributed by atoms with E-state index in [1.54, 1.807) is 18.6 Å². The van der Waals surface area contributed by atoms with Crippen LogP contribution in [0.5, 0.6) is 0 Å². The first-order valence-electron chi connectivity index (χ1n) is 13.2. The number of carbonyl (C=O) groups excluding carboxylic acids is 1. The number of fused-ring (bicyclic) bond motifs is 1. The van der Waals surface area contributed by atoms with Gasteiger partial charge in [0.15, 0.2) is 23.4 Å². The van der Waals surface area contributed by atoms with Crippen molar-refractivity contribution in [3.05, 3.63) is 66.3 Å². The van der Waals surface area contributed by atoms with Crippen LogP contribution in [0, 0.1) is 28.6 Å². The molecule has 0 radical (unpaired) electrons. The molecule has 0 aromatic carbocycles. The molecule has 0 atom stereocenters. The standard InChI is InChI=1S/C28H23F4N9O/c29-23-22(2-8-35-24(23)28(30,31)32)26(42)38-10-3-19(4-11-38)40-15-27(16-40,6-7-33)41-14-18(13-37-41)20-1-9-36-25-21(20)5-12-39(25)17-34/h1-2,5,8-9,12-14,19H,3-4,6,10-11,15-16H2. The molecule has 0 spiro atoms. The minimum atomic E-state index is -5.00. The van der Waals surface area contributed by atoms with Crippen LogP contribution in [0.3, 0.4) is 0 Å². The Balaban J connectivity index is 1.13. The van der Waals surface area contributed by atoms with Crippen LogP contribution in [0.15, 0.2) is 49.2 Å². The summed E-state index contributed by atoms with van der Waals surface area (Å²) in [5.74, 6) is -2.45. The zero-order valence-electron chi connectivity index (χ0n) is 22.1. The van der Waals surface area contributed by atoms with E-state index in [4.69, 9.17) is 0 Å². The van der Waals surface area contributed by atoms with Crippen LogP contribution in [0.4, 0.5) is 17.6 Å². The van der Waals surface area contributed by atoms with E-state index in [1.807, 2.05) is 23.0 Å². The van der Waals surface area contributed by atoms with Crippen molar-refractivity contribution in [3.63, 3.8) is 0 Å². The van der Waals surface area contributed by atoms with E-state index in [1.165, 1.54) is 9.47 Å². The number of halogens is 4. The SMILES string of the molecule is N#CCC1(n2cc(-c3ccnc4c3ccn4C#N)cn2)CN(C2CCN(C(=O)c3ccnc(C(F)(F)F)c3F)CC2)C1. The Morgan fingerprint density at radius 3 is 2.52 bits per heavy atom. The normalized spacial score (nSPS) is 17.5. The Morgan fingerprint density at radius 1 is 1.10 bits per heavy atom. The van der Waals surface area contributed by atoms with Gasteiger partial charge in [0.25, 0.3) is 5.91 Å². The number of nitriles is 2. The molecule has 1 amide bonds. The van der Waals surface area contributed by atoms with Gasteiger partial charge in [0.1, 0.15) is 5.54 Å². The lowest BCUT2D eigenvalue weighted by Gasteiger charge is -2.53. The molecule has 0 saturated carbocycles. The molecule has 4 aromatic rings. The van der Waals surface area contributed by atoms with Gasteiger partial charge in [-0.1, -0.05) is 0 Å². The maximum Gasteiger partial charge on any atom is 0.436 e. The molecule has 0 bridgehead atoms. The van der Waals surface area contributed by atoms with E-state index in [9.17, 15) is 32.9 Å². The van der Waals surface area contributed by atoms with Crippen LogP contribution in [-0.4, -0.2) is 72.2 Å². The molecule has 2 fully saturated rings. The first-order valence-corrected chi connectivity index (χ1v) is 13.2. The Bertz CT molecular complexity index is 1750. The van der Waals surface area contributed by atoms with Gasteiger partial charge in [-0.3, -0.25) is 14.4 Å².